The van der Waals surface area contributed by atoms with E-state index in [1.54, 1.807) is 4.90 Å². The van der Waals surface area contributed by atoms with E-state index in [1.165, 1.54) is 5.56 Å². The average Bonchev–Trinajstić information content (AvgIpc) is 2.51. The number of hydrogen-bond donors (Lipinski definition) is 0. The molecule has 0 aromatic heterocycles. The van der Waals surface area contributed by atoms with Crippen molar-refractivity contribution in [2.75, 3.05) is 11.4 Å². The average molecular weight is 371 g/mol. The van der Waals surface area contributed by atoms with E-state index < -0.39 is 0 Å². The zero-order chi connectivity index (χ0) is 16.8. The zero-order valence-electron chi connectivity index (χ0n) is 13.3. The highest BCUT2D eigenvalue weighted by atomic mass is 79.9. The standard InChI is InChI=1S/C19H19BrN2O/c1-14-7-8-18(11-15(14)2)22(10-4-9-21)19(23)13-16-5-3-6-17(20)12-16/h3,5-8,11-12H,4,10,13H2,1-2H3. The lowest BCUT2D eigenvalue weighted by Gasteiger charge is -2.23. The molecule has 0 atom stereocenters. The molecule has 0 spiro atoms. The molecule has 0 unspecified atom stereocenters. The predicted octanol–water partition coefficient (Wildman–Crippen LogP) is 4.56. The Kier molecular flexibility index (Phi) is 5.95. The summed E-state index contributed by atoms with van der Waals surface area (Å²) in [6.45, 7) is 4.48. The largest absolute Gasteiger partial charge is 0.311 e. The van der Waals surface area contributed by atoms with Crippen LogP contribution in [0.1, 0.15) is 23.1 Å². The van der Waals surface area contributed by atoms with Gasteiger partial charge in [-0.15, -0.1) is 0 Å². The van der Waals surface area contributed by atoms with Crippen LogP contribution in [0, 0.1) is 25.2 Å². The van der Waals surface area contributed by atoms with Crippen LogP contribution in [0.4, 0.5) is 5.69 Å². The number of carbonyl (C=O) groups is 1. The summed E-state index contributed by atoms with van der Waals surface area (Å²) in [6.07, 6.45) is 0.634. The molecule has 2 aromatic carbocycles. The van der Waals surface area contributed by atoms with Crippen molar-refractivity contribution >= 4 is 27.5 Å². The summed E-state index contributed by atoms with van der Waals surface area (Å²) in [6, 6.07) is 15.8. The molecule has 0 bridgehead atoms. The van der Waals surface area contributed by atoms with E-state index in [4.69, 9.17) is 5.26 Å². The van der Waals surface area contributed by atoms with Gasteiger partial charge in [0.05, 0.1) is 18.9 Å². The minimum Gasteiger partial charge on any atom is -0.311 e. The fourth-order valence-corrected chi connectivity index (χ4v) is 2.82. The van der Waals surface area contributed by atoms with Gasteiger partial charge in [0.15, 0.2) is 0 Å². The first-order chi connectivity index (χ1) is 11.0. The van der Waals surface area contributed by atoms with Crippen LogP contribution in [-0.2, 0) is 11.2 Å². The summed E-state index contributed by atoms with van der Waals surface area (Å²) in [5.74, 6) is 0.00148. The summed E-state index contributed by atoms with van der Waals surface area (Å²) in [4.78, 5) is 14.4. The molecule has 4 heteroatoms. The lowest BCUT2D eigenvalue weighted by atomic mass is 10.1. The summed E-state index contributed by atoms with van der Waals surface area (Å²) >= 11 is 3.43. The van der Waals surface area contributed by atoms with Crippen LogP contribution < -0.4 is 4.90 Å². The monoisotopic (exact) mass is 370 g/mol. The van der Waals surface area contributed by atoms with E-state index in [0.717, 1.165) is 21.3 Å². The van der Waals surface area contributed by atoms with Gasteiger partial charge in [-0.1, -0.05) is 34.1 Å². The van der Waals surface area contributed by atoms with Crippen molar-refractivity contribution in [3.05, 3.63) is 63.6 Å². The number of aryl methyl sites for hydroxylation is 2. The number of carbonyl (C=O) groups excluding carboxylic acids is 1. The predicted molar refractivity (Wildman–Crippen MR) is 96.3 cm³/mol. The molecular weight excluding hydrogens is 352 g/mol. The molecule has 1 amide bonds. The minimum absolute atomic E-state index is 0.00148. The molecular formula is C19H19BrN2O. The number of nitriles is 1. The van der Waals surface area contributed by atoms with Gasteiger partial charge >= 0.3 is 0 Å². The molecule has 0 fully saturated rings. The van der Waals surface area contributed by atoms with Crippen LogP contribution in [0.15, 0.2) is 46.9 Å². The lowest BCUT2D eigenvalue weighted by molar-refractivity contribution is -0.118. The molecule has 0 heterocycles. The Bertz CT molecular complexity index is 749. The van der Waals surface area contributed by atoms with Crippen molar-refractivity contribution < 1.29 is 4.79 Å². The zero-order valence-corrected chi connectivity index (χ0v) is 14.9. The summed E-state index contributed by atoms with van der Waals surface area (Å²) in [7, 11) is 0. The third kappa shape index (κ3) is 4.67. The Morgan fingerprint density at radius 1 is 1.17 bits per heavy atom. The highest BCUT2D eigenvalue weighted by molar-refractivity contribution is 9.10. The van der Waals surface area contributed by atoms with Crippen LogP contribution >= 0.6 is 15.9 Å². The van der Waals surface area contributed by atoms with Crippen molar-refractivity contribution in [2.24, 2.45) is 0 Å². The second-order valence-corrected chi connectivity index (χ2v) is 6.44. The molecule has 0 aliphatic rings. The smallest absolute Gasteiger partial charge is 0.231 e. The first-order valence-corrected chi connectivity index (χ1v) is 8.29. The molecule has 0 saturated heterocycles. The Morgan fingerprint density at radius 3 is 2.61 bits per heavy atom. The second kappa shape index (κ2) is 7.94. The number of nitrogens with zero attached hydrogens (tertiary/aromatic N) is 2. The van der Waals surface area contributed by atoms with Gasteiger partial charge < -0.3 is 4.90 Å². The topological polar surface area (TPSA) is 44.1 Å². The molecule has 118 valence electrons. The van der Waals surface area contributed by atoms with E-state index in [2.05, 4.69) is 22.0 Å². The van der Waals surface area contributed by atoms with Gasteiger partial charge in [0.25, 0.3) is 0 Å². The van der Waals surface area contributed by atoms with Crippen LogP contribution in [0.5, 0.6) is 0 Å². The van der Waals surface area contributed by atoms with E-state index in [0.29, 0.717) is 19.4 Å². The van der Waals surface area contributed by atoms with Gasteiger partial charge in [-0.3, -0.25) is 4.79 Å². The fraction of sp³-hybridized carbons (Fsp3) is 0.263. The molecule has 0 aliphatic heterocycles. The van der Waals surface area contributed by atoms with Gasteiger partial charge in [-0.2, -0.15) is 5.26 Å². The van der Waals surface area contributed by atoms with Crippen molar-refractivity contribution in [3.8, 4) is 6.07 Å². The van der Waals surface area contributed by atoms with E-state index in [-0.39, 0.29) is 5.91 Å². The van der Waals surface area contributed by atoms with Crippen molar-refractivity contribution in [1.82, 2.24) is 0 Å². The quantitative estimate of drug-likeness (QED) is 0.774. The maximum Gasteiger partial charge on any atom is 0.231 e. The van der Waals surface area contributed by atoms with Crippen molar-refractivity contribution in [2.45, 2.75) is 26.7 Å². The Labute approximate surface area is 145 Å². The first kappa shape index (κ1) is 17.2. The minimum atomic E-state index is 0.00148. The van der Waals surface area contributed by atoms with E-state index >= 15 is 0 Å². The maximum absolute atomic E-state index is 12.7. The normalized spacial score (nSPS) is 10.2. The van der Waals surface area contributed by atoms with Gasteiger partial charge in [0.2, 0.25) is 5.91 Å². The number of halogens is 1. The summed E-state index contributed by atoms with van der Waals surface area (Å²) in [5, 5.41) is 8.87. The third-order valence-corrected chi connectivity index (χ3v) is 4.29. The number of amides is 1. The van der Waals surface area contributed by atoms with Gasteiger partial charge in [0.1, 0.15) is 0 Å². The number of anilines is 1. The summed E-state index contributed by atoms with van der Waals surface area (Å²) < 4.78 is 0.956. The Balaban J connectivity index is 2.24. The van der Waals surface area contributed by atoms with Crippen LogP contribution in [-0.4, -0.2) is 12.5 Å². The number of benzene rings is 2. The Hall–Kier alpha value is -2.12. The SMILES string of the molecule is Cc1ccc(N(CCC#N)C(=O)Cc2cccc(Br)c2)cc1C. The van der Waals surface area contributed by atoms with E-state index in [9.17, 15) is 4.79 Å². The fourth-order valence-electron chi connectivity index (χ4n) is 2.37. The first-order valence-electron chi connectivity index (χ1n) is 7.50. The van der Waals surface area contributed by atoms with Gasteiger partial charge in [0, 0.05) is 16.7 Å². The second-order valence-electron chi connectivity index (χ2n) is 5.53. The number of rotatable bonds is 5. The van der Waals surface area contributed by atoms with Crippen LogP contribution in [0.3, 0.4) is 0 Å². The molecule has 0 aliphatic carbocycles. The molecule has 0 radical (unpaired) electrons. The van der Waals surface area contributed by atoms with Gasteiger partial charge in [-0.05, 0) is 54.8 Å². The van der Waals surface area contributed by atoms with Crippen LogP contribution in [0.2, 0.25) is 0 Å². The van der Waals surface area contributed by atoms with Crippen molar-refractivity contribution in [1.29, 1.82) is 5.26 Å². The van der Waals surface area contributed by atoms with Gasteiger partial charge in [-0.25, -0.2) is 0 Å². The molecule has 23 heavy (non-hydrogen) atoms. The van der Waals surface area contributed by atoms with E-state index in [1.807, 2.05) is 56.3 Å². The van der Waals surface area contributed by atoms with Crippen LogP contribution in [0.25, 0.3) is 0 Å². The molecule has 0 N–H and O–H groups in total. The molecule has 2 rings (SSSR count). The van der Waals surface area contributed by atoms with Crippen molar-refractivity contribution in [3.63, 3.8) is 0 Å². The lowest BCUT2D eigenvalue weighted by Crippen LogP contribution is -2.33. The summed E-state index contributed by atoms with van der Waals surface area (Å²) in [5.41, 5.74) is 4.13. The highest BCUT2D eigenvalue weighted by Gasteiger charge is 2.16. The highest BCUT2D eigenvalue weighted by Crippen LogP contribution is 2.21. The molecule has 0 saturated carbocycles. The Morgan fingerprint density at radius 2 is 1.96 bits per heavy atom. The third-order valence-electron chi connectivity index (χ3n) is 3.79. The molecule has 2 aromatic rings. The maximum atomic E-state index is 12.7. The number of hydrogen-bond acceptors (Lipinski definition) is 2. The molecule has 3 nitrogen and oxygen atoms in total.